The van der Waals surface area contributed by atoms with Crippen molar-refractivity contribution in [1.82, 2.24) is 14.5 Å². The Hall–Kier alpha value is -3.27. The van der Waals surface area contributed by atoms with Gasteiger partial charge in [0.2, 0.25) is 15.9 Å². The Labute approximate surface area is 212 Å². The largest absolute Gasteiger partial charge is 0.467 e. The molecule has 2 amide bonds. The van der Waals surface area contributed by atoms with Crippen LogP contribution in [0, 0.1) is 0 Å². The van der Waals surface area contributed by atoms with E-state index in [0.29, 0.717) is 11.3 Å². The van der Waals surface area contributed by atoms with E-state index in [4.69, 9.17) is 4.42 Å². The first-order valence-electron chi connectivity index (χ1n) is 11.8. The van der Waals surface area contributed by atoms with Crippen molar-refractivity contribution in [3.63, 3.8) is 0 Å². The van der Waals surface area contributed by atoms with E-state index < -0.39 is 27.9 Å². The van der Waals surface area contributed by atoms with Crippen LogP contribution in [0.4, 0.5) is 0 Å². The molecular weight excluding hydrogens is 478 g/mol. The Balaban J connectivity index is 1.56. The van der Waals surface area contributed by atoms with Gasteiger partial charge in [-0.2, -0.15) is 4.31 Å². The average molecular weight is 510 g/mol. The van der Waals surface area contributed by atoms with Crippen molar-refractivity contribution in [2.24, 2.45) is 0 Å². The highest BCUT2D eigenvalue weighted by Gasteiger charge is 2.37. The predicted octanol–water partition coefficient (Wildman–Crippen LogP) is 3.41. The zero-order chi connectivity index (χ0) is 25.9. The number of piperazine rings is 1. The second kappa shape index (κ2) is 10.4. The summed E-state index contributed by atoms with van der Waals surface area (Å²) < 4.78 is 33.5. The highest BCUT2D eigenvalue weighted by molar-refractivity contribution is 7.89. The molecule has 1 fully saturated rings. The molecule has 8 nitrogen and oxygen atoms in total. The Morgan fingerprint density at radius 3 is 2.33 bits per heavy atom. The van der Waals surface area contributed by atoms with Gasteiger partial charge in [0.25, 0.3) is 5.91 Å². The monoisotopic (exact) mass is 509 g/mol. The zero-order valence-corrected chi connectivity index (χ0v) is 21.5. The summed E-state index contributed by atoms with van der Waals surface area (Å²) in [7, 11) is -3.82. The first kappa shape index (κ1) is 25.8. The number of amides is 2. The molecule has 1 aromatic heterocycles. The van der Waals surface area contributed by atoms with Gasteiger partial charge in [-0.15, -0.1) is 0 Å². The molecule has 4 rings (SSSR count). The van der Waals surface area contributed by atoms with Gasteiger partial charge in [-0.3, -0.25) is 14.5 Å². The third-order valence-corrected chi connectivity index (χ3v) is 8.10. The fraction of sp³-hybridized carbons (Fsp3) is 0.333. The van der Waals surface area contributed by atoms with E-state index in [2.05, 4.69) is 26.1 Å². The highest BCUT2D eigenvalue weighted by Crippen LogP contribution is 2.25. The minimum atomic E-state index is -3.82. The molecule has 0 bridgehead atoms. The van der Waals surface area contributed by atoms with Crippen LogP contribution in [0.15, 0.2) is 82.3 Å². The van der Waals surface area contributed by atoms with Crippen LogP contribution in [0.3, 0.4) is 0 Å². The first-order valence-corrected chi connectivity index (χ1v) is 13.3. The van der Waals surface area contributed by atoms with E-state index in [1.807, 2.05) is 12.1 Å². The topological polar surface area (TPSA) is 99.9 Å². The Morgan fingerprint density at radius 1 is 1.03 bits per heavy atom. The third kappa shape index (κ3) is 5.59. The average Bonchev–Trinajstić information content (AvgIpc) is 3.40. The molecule has 2 heterocycles. The quantitative estimate of drug-likeness (QED) is 0.511. The maximum absolute atomic E-state index is 13.6. The summed E-state index contributed by atoms with van der Waals surface area (Å²) in [5, 5.41) is 3.09. The predicted molar refractivity (Wildman–Crippen MR) is 136 cm³/mol. The molecule has 1 aliphatic rings. The van der Waals surface area contributed by atoms with Crippen molar-refractivity contribution in [1.29, 1.82) is 0 Å². The summed E-state index contributed by atoms with van der Waals surface area (Å²) in [4.78, 5) is 28.1. The summed E-state index contributed by atoms with van der Waals surface area (Å²) in [5.74, 6) is -0.536. The van der Waals surface area contributed by atoms with Crippen molar-refractivity contribution in [3.8, 4) is 0 Å². The molecule has 0 radical (unpaired) electrons. The van der Waals surface area contributed by atoms with Gasteiger partial charge in [0.1, 0.15) is 11.8 Å². The Bertz CT molecular complexity index is 1300. The molecule has 0 saturated carbocycles. The van der Waals surface area contributed by atoms with Gasteiger partial charge in [0, 0.05) is 25.2 Å². The second-order valence-electron chi connectivity index (χ2n) is 9.82. The second-order valence-corrected chi connectivity index (χ2v) is 11.8. The third-order valence-electron chi connectivity index (χ3n) is 6.22. The van der Waals surface area contributed by atoms with E-state index in [1.165, 1.54) is 10.6 Å². The Kier molecular flexibility index (Phi) is 7.44. The van der Waals surface area contributed by atoms with Crippen molar-refractivity contribution >= 4 is 21.8 Å². The summed E-state index contributed by atoms with van der Waals surface area (Å²) >= 11 is 0. The lowest BCUT2D eigenvalue weighted by atomic mass is 9.87. The molecule has 36 heavy (non-hydrogen) atoms. The first-order chi connectivity index (χ1) is 17.1. The number of furan rings is 1. The smallest absolute Gasteiger partial charge is 0.260 e. The SMILES string of the molecule is CC(C)(C)c1ccc(S(=O)(=O)N2CCNC(C(=O)N(Cc3ccco3)C(=O)c3ccccc3)C2)cc1. The standard InChI is InChI=1S/C27H31N3O5S/c1-27(2,3)21-11-13-23(14-12-21)36(33,34)29-16-15-28-24(19-29)26(32)30(18-22-10-7-17-35-22)25(31)20-8-5-4-6-9-20/h4-14,17,24,28H,15-16,18-19H2,1-3H3. The van der Waals surface area contributed by atoms with Gasteiger partial charge < -0.3 is 9.73 Å². The highest BCUT2D eigenvalue weighted by atomic mass is 32.2. The van der Waals surface area contributed by atoms with Crippen LogP contribution >= 0.6 is 0 Å². The summed E-state index contributed by atoms with van der Waals surface area (Å²) in [5.41, 5.74) is 1.29. The van der Waals surface area contributed by atoms with E-state index in [9.17, 15) is 18.0 Å². The molecule has 9 heteroatoms. The van der Waals surface area contributed by atoms with Gasteiger partial charge in [0.15, 0.2) is 0 Å². The number of imide groups is 1. The van der Waals surface area contributed by atoms with Gasteiger partial charge in [-0.1, -0.05) is 51.1 Å². The Morgan fingerprint density at radius 2 is 1.72 bits per heavy atom. The summed E-state index contributed by atoms with van der Waals surface area (Å²) in [6.45, 7) is 6.55. The van der Waals surface area contributed by atoms with Crippen molar-refractivity contribution in [3.05, 3.63) is 89.9 Å². The summed E-state index contributed by atoms with van der Waals surface area (Å²) in [6, 6.07) is 17.8. The number of nitrogens with zero attached hydrogens (tertiary/aromatic N) is 2. The van der Waals surface area contributed by atoms with Crippen molar-refractivity contribution < 1.29 is 22.4 Å². The van der Waals surface area contributed by atoms with Crippen molar-refractivity contribution in [2.75, 3.05) is 19.6 Å². The molecular formula is C27H31N3O5S. The van der Waals surface area contributed by atoms with E-state index in [-0.39, 0.29) is 36.5 Å². The zero-order valence-electron chi connectivity index (χ0n) is 20.7. The fourth-order valence-corrected chi connectivity index (χ4v) is 5.57. The minimum absolute atomic E-state index is 0.0568. The molecule has 1 N–H and O–H groups in total. The number of carbonyl (C=O) groups excluding carboxylic acids is 2. The van der Waals surface area contributed by atoms with E-state index in [0.717, 1.165) is 10.5 Å². The van der Waals surface area contributed by atoms with Gasteiger partial charge >= 0.3 is 0 Å². The van der Waals surface area contributed by atoms with E-state index >= 15 is 0 Å². The number of hydrogen-bond donors (Lipinski definition) is 1. The van der Waals surface area contributed by atoms with Gasteiger partial charge in [-0.05, 0) is 47.4 Å². The maximum Gasteiger partial charge on any atom is 0.260 e. The van der Waals surface area contributed by atoms with Crippen molar-refractivity contribution in [2.45, 2.75) is 43.7 Å². The van der Waals surface area contributed by atoms with Crippen LogP contribution in [0.25, 0.3) is 0 Å². The lowest BCUT2D eigenvalue weighted by Gasteiger charge is -2.34. The molecule has 1 aliphatic heterocycles. The lowest BCUT2D eigenvalue weighted by molar-refractivity contribution is -0.132. The fourth-order valence-electron chi connectivity index (χ4n) is 4.12. The number of benzene rings is 2. The van der Waals surface area contributed by atoms with Gasteiger partial charge in [0.05, 0.1) is 17.7 Å². The van der Waals surface area contributed by atoms with Crippen LogP contribution in [-0.2, 0) is 26.8 Å². The van der Waals surface area contributed by atoms with Crippen LogP contribution in [-0.4, -0.2) is 55.1 Å². The van der Waals surface area contributed by atoms with Crippen LogP contribution in [0.2, 0.25) is 0 Å². The van der Waals surface area contributed by atoms with Crippen LogP contribution in [0.5, 0.6) is 0 Å². The molecule has 2 aromatic carbocycles. The number of sulfonamides is 1. The number of carbonyl (C=O) groups is 2. The maximum atomic E-state index is 13.6. The lowest BCUT2D eigenvalue weighted by Crippen LogP contribution is -2.59. The molecule has 1 atom stereocenters. The molecule has 0 aliphatic carbocycles. The molecule has 0 spiro atoms. The summed E-state index contributed by atoms with van der Waals surface area (Å²) in [6.07, 6.45) is 1.48. The number of hydrogen-bond acceptors (Lipinski definition) is 6. The normalized spacial score (nSPS) is 17.0. The molecule has 190 valence electrons. The van der Waals surface area contributed by atoms with Crippen LogP contribution < -0.4 is 5.32 Å². The molecule has 1 saturated heterocycles. The molecule has 3 aromatic rings. The number of nitrogens with one attached hydrogen (secondary N) is 1. The van der Waals surface area contributed by atoms with E-state index in [1.54, 1.807) is 54.6 Å². The van der Waals surface area contributed by atoms with Gasteiger partial charge in [-0.25, -0.2) is 8.42 Å². The number of rotatable bonds is 6. The molecule has 1 unspecified atom stereocenters. The van der Waals surface area contributed by atoms with Crippen LogP contribution in [0.1, 0.15) is 42.5 Å². The minimum Gasteiger partial charge on any atom is -0.467 e.